The Labute approximate surface area is 163 Å². The quantitative estimate of drug-likeness (QED) is 0.210. The van der Waals surface area contributed by atoms with E-state index in [9.17, 15) is 29.4 Å². The Bertz CT molecular complexity index is 519. The fourth-order valence-corrected chi connectivity index (χ4v) is 2.54. The van der Waals surface area contributed by atoms with Crippen molar-refractivity contribution in [2.24, 2.45) is 11.7 Å². The maximum Gasteiger partial charge on any atom is 0.326 e. The summed E-state index contributed by atoms with van der Waals surface area (Å²) in [5.74, 6) is -2.84. The fourth-order valence-electron chi connectivity index (χ4n) is 2.05. The molecule has 27 heavy (non-hydrogen) atoms. The van der Waals surface area contributed by atoms with Crippen LogP contribution in [0.25, 0.3) is 0 Å². The van der Waals surface area contributed by atoms with Gasteiger partial charge in [-0.25, -0.2) is 4.79 Å². The van der Waals surface area contributed by atoms with E-state index in [4.69, 9.17) is 5.73 Å². The van der Waals surface area contributed by atoms with Crippen molar-refractivity contribution in [3.63, 3.8) is 0 Å². The molecule has 3 amide bonds. The van der Waals surface area contributed by atoms with Crippen LogP contribution < -0.4 is 21.7 Å². The van der Waals surface area contributed by atoms with E-state index >= 15 is 0 Å². The van der Waals surface area contributed by atoms with Crippen molar-refractivity contribution in [2.45, 2.75) is 44.8 Å². The predicted molar refractivity (Wildman–Crippen MR) is 102 cm³/mol. The summed E-state index contributed by atoms with van der Waals surface area (Å²) in [6.45, 7) is 2.32. The minimum Gasteiger partial charge on any atom is -0.480 e. The number of hydrogen-bond donors (Lipinski definition) is 6. The summed E-state index contributed by atoms with van der Waals surface area (Å²) in [6, 6.07) is -3.21. The lowest BCUT2D eigenvalue weighted by atomic mass is 9.99. The second kappa shape index (κ2) is 13.3. The highest BCUT2D eigenvalue weighted by molar-refractivity contribution is 7.98. The Balaban J connectivity index is 4.60. The van der Waals surface area contributed by atoms with E-state index in [2.05, 4.69) is 16.0 Å². The number of carbonyl (C=O) groups is 4. The lowest BCUT2D eigenvalue weighted by molar-refractivity contribution is -0.144. The molecule has 0 saturated heterocycles. The molecule has 0 heterocycles. The molecule has 7 N–H and O–H groups in total. The van der Waals surface area contributed by atoms with Crippen LogP contribution in [0.3, 0.4) is 0 Å². The van der Waals surface area contributed by atoms with Gasteiger partial charge < -0.3 is 31.9 Å². The maximum absolute atomic E-state index is 12.2. The van der Waals surface area contributed by atoms with Gasteiger partial charge >= 0.3 is 5.97 Å². The highest BCUT2D eigenvalue weighted by Gasteiger charge is 2.29. The number of aliphatic hydroxyl groups excluding tert-OH is 1. The zero-order valence-corrected chi connectivity index (χ0v) is 16.7. The Hall–Kier alpha value is -1.85. The summed E-state index contributed by atoms with van der Waals surface area (Å²) in [7, 11) is 0. The second-order valence-corrected chi connectivity index (χ2v) is 7.10. The highest BCUT2D eigenvalue weighted by atomic mass is 32.2. The Morgan fingerprint density at radius 2 is 1.78 bits per heavy atom. The largest absolute Gasteiger partial charge is 0.480 e. The van der Waals surface area contributed by atoms with Gasteiger partial charge in [-0.3, -0.25) is 14.4 Å². The van der Waals surface area contributed by atoms with Gasteiger partial charge in [0.15, 0.2) is 0 Å². The lowest BCUT2D eigenvalue weighted by Crippen LogP contribution is -2.56. The molecular weight excluding hydrogens is 376 g/mol. The molecule has 0 aromatic rings. The van der Waals surface area contributed by atoms with Crippen LogP contribution in [-0.2, 0) is 19.2 Å². The number of thioether (sulfide) groups is 1. The van der Waals surface area contributed by atoms with Crippen LogP contribution in [0.1, 0.15) is 26.7 Å². The van der Waals surface area contributed by atoms with Crippen molar-refractivity contribution < 1.29 is 29.4 Å². The molecule has 0 fully saturated rings. The van der Waals surface area contributed by atoms with Gasteiger partial charge in [-0.15, -0.1) is 0 Å². The van der Waals surface area contributed by atoms with Gasteiger partial charge in [-0.05, 0) is 24.3 Å². The number of carboxylic acid groups (broad SMARTS) is 1. The fraction of sp³-hybridized carbons (Fsp3) is 0.750. The topological polar surface area (TPSA) is 171 Å². The van der Waals surface area contributed by atoms with Crippen LogP contribution in [0.2, 0.25) is 0 Å². The molecular formula is C16H30N4O6S. The molecule has 0 saturated carbocycles. The number of carboxylic acids is 1. The maximum atomic E-state index is 12.2. The first-order valence-electron chi connectivity index (χ1n) is 8.63. The summed E-state index contributed by atoms with van der Waals surface area (Å²) in [4.78, 5) is 47.1. The van der Waals surface area contributed by atoms with Crippen LogP contribution in [0.4, 0.5) is 0 Å². The van der Waals surface area contributed by atoms with E-state index in [1.807, 2.05) is 6.26 Å². The minimum absolute atomic E-state index is 0.330. The van der Waals surface area contributed by atoms with Crippen molar-refractivity contribution >= 4 is 35.5 Å². The summed E-state index contributed by atoms with van der Waals surface area (Å²) >= 11 is 1.54. The third-order valence-electron chi connectivity index (χ3n) is 4.00. The molecule has 0 spiro atoms. The number of nitrogens with two attached hydrogens (primary N) is 1. The first-order valence-corrected chi connectivity index (χ1v) is 10.0. The van der Waals surface area contributed by atoms with Crippen molar-refractivity contribution in [2.75, 3.05) is 25.2 Å². The Morgan fingerprint density at radius 3 is 2.26 bits per heavy atom. The van der Waals surface area contributed by atoms with E-state index in [-0.39, 0.29) is 5.92 Å². The molecule has 0 aliphatic heterocycles. The first-order chi connectivity index (χ1) is 12.7. The zero-order valence-electron chi connectivity index (χ0n) is 15.9. The highest BCUT2D eigenvalue weighted by Crippen LogP contribution is 2.08. The van der Waals surface area contributed by atoms with Crippen molar-refractivity contribution in [3.05, 3.63) is 0 Å². The summed E-state index contributed by atoms with van der Waals surface area (Å²) in [6.07, 6.45) is 2.87. The van der Waals surface area contributed by atoms with Crippen molar-refractivity contribution in [3.8, 4) is 0 Å². The molecule has 10 nitrogen and oxygen atoms in total. The molecule has 0 radical (unpaired) electrons. The van der Waals surface area contributed by atoms with Crippen molar-refractivity contribution in [1.29, 1.82) is 0 Å². The van der Waals surface area contributed by atoms with Gasteiger partial charge in [0.25, 0.3) is 0 Å². The number of aliphatic hydroxyl groups is 1. The molecule has 4 atom stereocenters. The zero-order chi connectivity index (χ0) is 21.0. The lowest BCUT2D eigenvalue weighted by Gasteiger charge is -2.23. The number of carbonyl (C=O) groups excluding carboxylic acids is 3. The van der Waals surface area contributed by atoms with Crippen molar-refractivity contribution in [1.82, 2.24) is 16.0 Å². The van der Waals surface area contributed by atoms with E-state index < -0.39 is 55.0 Å². The first kappa shape index (κ1) is 25.1. The number of amides is 3. The van der Waals surface area contributed by atoms with Gasteiger partial charge in [0, 0.05) is 0 Å². The molecule has 0 aliphatic carbocycles. The number of rotatable bonds is 13. The molecule has 4 unspecified atom stereocenters. The van der Waals surface area contributed by atoms with E-state index in [0.717, 1.165) is 0 Å². The Kier molecular flexibility index (Phi) is 12.4. The molecule has 156 valence electrons. The van der Waals surface area contributed by atoms with Crippen LogP contribution in [0, 0.1) is 5.92 Å². The SMILES string of the molecule is CCC(C)C(NC(=O)C(CO)NC(=O)CNC(=O)C(N)CCSC)C(=O)O. The average molecular weight is 407 g/mol. The van der Waals surface area contributed by atoms with Gasteiger partial charge in [0.05, 0.1) is 19.2 Å². The molecule has 0 aliphatic rings. The molecule has 11 heteroatoms. The number of hydrogen-bond acceptors (Lipinski definition) is 7. The van der Waals surface area contributed by atoms with Crippen LogP contribution >= 0.6 is 11.8 Å². The normalized spacial score (nSPS) is 15.1. The minimum atomic E-state index is -1.33. The summed E-state index contributed by atoms with van der Waals surface area (Å²) < 4.78 is 0. The van der Waals surface area contributed by atoms with Gasteiger partial charge in [0.2, 0.25) is 17.7 Å². The van der Waals surface area contributed by atoms with Gasteiger partial charge in [0.1, 0.15) is 12.1 Å². The molecule has 0 aromatic carbocycles. The molecule has 0 aromatic heterocycles. The number of aliphatic carboxylic acids is 1. The molecule has 0 bridgehead atoms. The van der Waals surface area contributed by atoms with Crippen LogP contribution in [-0.4, -0.2) is 77.2 Å². The third kappa shape index (κ3) is 9.59. The summed E-state index contributed by atoms with van der Waals surface area (Å²) in [5.41, 5.74) is 5.67. The van der Waals surface area contributed by atoms with E-state index in [1.54, 1.807) is 25.6 Å². The summed E-state index contributed by atoms with van der Waals surface area (Å²) in [5, 5.41) is 25.4. The average Bonchev–Trinajstić information content (AvgIpc) is 2.65. The van der Waals surface area contributed by atoms with Gasteiger partial charge in [-0.1, -0.05) is 20.3 Å². The predicted octanol–water partition coefficient (Wildman–Crippen LogP) is -1.72. The van der Waals surface area contributed by atoms with E-state index in [1.165, 1.54) is 0 Å². The van der Waals surface area contributed by atoms with E-state index in [0.29, 0.717) is 18.6 Å². The third-order valence-corrected chi connectivity index (χ3v) is 4.65. The number of nitrogens with one attached hydrogen (secondary N) is 3. The monoisotopic (exact) mass is 406 g/mol. The molecule has 0 rings (SSSR count). The van der Waals surface area contributed by atoms with Gasteiger partial charge in [-0.2, -0.15) is 11.8 Å². The van der Waals surface area contributed by atoms with Crippen LogP contribution in [0.15, 0.2) is 0 Å². The van der Waals surface area contributed by atoms with Crippen LogP contribution in [0.5, 0.6) is 0 Å². The standard InChI is InChI=1S/C16H30N4O6S/c1-4-9(2)13(16(25)26)20-15(24)11(8-21)19-12(22)7-18-14(23)10(17)5-6-27-3/h9-11,13,21H,4-8,17H2,1-3H3,(H,18,23)(H,19,22)(H,20,24)(H,25,26). The Morgan fingerprint density at radius 1 is 1.15 bits per heavy atom. The smallest absolute Gasteiger partial charge is 0.326 e. The second-order valence-electron chi connectivity index (χ2n) is 6.12.